The largest absolute Gasteiger partial charge is 0.469 e. The number of nitrogens with one attached hydrogen (secondary N) is 2. The van der Waals surface area contributed by atoms with Gasteiger partial charge in [-0.25, -0.2) is 0 Å². The third kappa shape index (κ3) is 7.11. The SMILES string of the molecule is COC(=O)CCSCc1cccc(NC(=O)C2CCNCC2)c1.Cl. The van der Waals surface area contributed by atoms with Gasteiger partial charge < -0.3 is 15.4 Å². The number of hydrogen-bond donors (Lipinski definition) is 2. The van der Waals surface area contributed by atoms with E-state index in [9.17, 15) is 9.59 Å². The van der Waals surface area contributed by atoms with Crippen LogP contribution in [0.2, 0.25) is 0 Å². The summed E-state index contributed by atoms with van der Waals surface area (Å²) in [6.45, 7) is 1.82. The van der Waals surface area contributed by atoms with E-state index in [0.717, 1.165) is 48.7 Å². The summed E-state index contributed by atoms with van der Waals surface area (Å²) < 4.78 is 4.62. The molecule has 1 amide bonds. The molecule has 134 valence electrons. The minimum atomic E-state index is -0.180. The van der Waals surface area contributed by atoms with Crippen LogP contribution in [0.25, 0.3) is 0 Å². The zero-order valence-corrected chi connectivity index (χ0v) is 15.5. The van der Waals surface area contributed by atoms with Crippen LogP contribution in [0.5, 0.6) is 0 Å². The van der Waals surface area contributed by atoms with Gasteiger partial charge in [-0.3, -0.25) is 9.59 Å². The van der Waals surface area contributed by atoms with E-state index >= 15 is 0 Å². The summed E-state index contributed by atoms with van der Waals surface area (Å²) in [6.07, 6.45) is 2.22. The minimum absolute atomic E-state index is 0. The van der Waals surface area contributed by atoms with E-state index in [0.29, 0.717) is 6.42 Å². The molecule has 5 nitrogen and oxygen atoms in total. The highest BCUT2D eigenvalue weighted by Gasteiger charge is 2.20. The Hall–Kier alpha value is -1.24. The molecule has 0 unspecified atom stereocenters. The first kappa shape index (κ1) is 20.8. The van der Waals surface area contributed by atoms with Crippen molar-refractivity contribution in [1.29, 1.82) is 0 Å². The molecule has 2 rings (SSSR count). The molecular formula is C17H25ClN2O3S. The smallest absolute Gasteiger partial charge is 0.306 e. The van der Waals surface area contributed by atoms with Crippen molar-refractivity contribution in [3.05, 3.63) is 29.8 Å². The second-order valence-electron chi connectivity index (χ2n) is 5.59. The lowest BCUT2D eigenvalue weighted by molar-refractivity contribution is -0.140. The standard InChI is InChI=1S/C17H24N2O3S.ClH/c1-22-16(20)7-10-23-12-13-3-2-4-15(11-13)19-17(21)14-5-8-18-9-6-14;/h2-4,11,14,18H,5-10,12H2,1H3,(H,19,21);1H. The van der Waals surface area contributed by atoms with Gasteiger partial charge in [0.25, 0.3) is 0 Å². The van der Waals surface area contributed by atoms with Crippen molar-refractivity contribution in [2.45, 2.75) is 25.0 Å². The van der Waals surface area contributed by atoms with Crippen LogP contribution in [0.15, 0.2) is 24.3 Å². The van der Waals surface area contributed by atoms with Gasteiger partial charge in [-0.05, 0) is 43.6 Å². The van der Waals surface area contributed by atoms with Gasteiger partial charge in [0.2, 0.25) is 5.91 Å². The Labute approximate surface area is 153 Å². The van der Waals surface area contributed by atoms with Crippen LogP contribution in [-0.2, 0) is 20.1 Å². The Morgan fingerprint density at radius 2 is 2.08 bits per heavy atom. The lowest BCUT2D eigenvalue weighted by Crippen LogP contribution is -2.34. The highest BCUT2D eigenvalue weighted by molar-refractivity contribution is 7.98. The minimum Gasteiger partial charge on any atom is -0.469 e. The molecule has 1 fully saturated rings. The second-order valence-corrected chi connectivity index (χ2v) is 6.70. The highest BCUT2D eigenvalue weighted by atomic mass is 35.5. The molecule has 1 aliphatic heterocycles. The van der Waals surface area contributed by atoms with Crippen LogP contribution in [0.4, 0.5) is 5.69 Å². The maximum absolute atomic E-state index is 12.3. The molecule has 1 aromatic rings. The topological polar surface area (TPSA) is 67.4 Å². The molecule has 1 saturated heterocycles. The normalized spacial score (nSPS) is 14.5. The molecule has 0 atom stereocenters. The summed E-state index contributed by atoms with van der Waals surface area (Å²) in [5.74, 6) is 1.59. The van der Waals surface area contributed by atoms with E-state index in [1.54, 1.807) is 11.8 Å². The van der Waals surface area contributed by atoms with Crippen molar-refractivity contribution in [2.75, 3.05) is 31.3 Å². The number of carbonyl (C=O) groups excluding carboxylic acids is 2. The van der Waals surface area contributed by atoms with E-state index < -0.39 is 0 Å². The Bertz CT molecular complexity index is 536. The lowest BCUT2D eigenvalue weighted by atomic mass is 9.97. The zero-order valence-electron chi connectivity index (χ0n) is 13.9. The molecule has 1 aromatic carbocycles. The van der Waals surface area contributed by atoms with Crippen LogP contribution >= 0.6 is 24.2 Å². The predicted octanol–water partition coefficient (Wildman–Crippen LogP) is 2.84. The molecule has 2 N–H and O–H groups in total. The van der Waals surface area contributed by atoms with Gasteiger partial charge in [0, 0.05) is 23.1 Å². The molecule has 0 spiro atoms. The van der Waals surface area contributed by atoms with Crippen molar-refractivity contribution in [3.8, 4) is 0 Å². The van der Waals surface area contributed by atoms with Crippen LogP contribution in [0, 0.1) is 5.92 Å². The number of esters is 1. The second kappa shape index (κ2) is 11.3. The number of amides is 1. The van der Waals surface area contributed by atoms with Gasteiger partial charge >= 0.3 is 5.97 Å². The third-order valence-corrected chi connectivity index (χ3v) is 4.88. The number of piperidine rings is 1. The number of halogens is 1. The van der Waals surface area contributed by atoms with E-state index in [2.05, 4.69) is 15.4 Å². The van der Waals surface area contributed by atoms with Gasteiger partial charge in [-0.2, -0.15) is 11.8 Å². The number of thioether (sulfide) groups is 1. The number of carbonyl (C=O) groups is 2. The first-order valence-corrected chi connectivity index (χ1v) is 9.09. The van der Waals surface area contributed by atoms with Crippen molar-refractivity contribution >= 4 is 41.7 Å². The van der Waals surface area contributed by atoms with E-state index in [4.69, 9.17) is 0 Å². The molecule has 1 aliphatic rings. The van der Waals surface area contributed by atoms with Gasteiger partial charge in [0.05, 0.1) is 13.5 Å². The summed E-state index contributed by atoms with van der Waals surface area (Å²) in [5, 5.41) is 6.29. The Balaban J connectivity index is 0.00000288. The molecule has 24 heavy (non-hydrogen) atoms. The van der Waals surface area contributed by atoms with Crippen LogP contribution in [0.1, 0.15) is 24.8 Å². The molecule has 0 aromatic heterocycles. The van der Waals surface area contributed by atoms with Gasteiger partial charge in [-0.1, -0.05) is 12.1 Å². The Morgan fingerprint density at radius 3 is 2.79 bits per heavy atom. The van der Waals surface area contributed by atoms with Crippen molar-refractivity contribution in [1.82, 2.24) is 5.32 Å². The number of ether oxygens (including phenoxy) is 1. The average molecular weight is 373 g/mol. The quantitative estimate of drug-likeness (QED) is 0.569. The highest BCUT2D eigenvalue weighted by Crippen LogP contribution is 2.19. The number of hydrogen-bond acceptors (Lipinski definition) is 5. The molecule has 1 heterocycles. The number of anilines is 1. The Morgan fingerprint density at radius 1 is 1.33 bits per heavy atom. The maximum atomic E-state index is 12.3. The van der Waals surface area contributed by atoms with Crippen molar-refractivity contribution in [2.24, 2.45) is 5.92 Å². The number of rotatable bonds is 7. The predicted molar refractivity (Wildman–Crippen MR) is 101 cm³/mol. The van der Waals surface area contributed by atoms with E-state index in [1.165, 1.54) is 7.11 Å². The van der Waals surface area contributed by atoms with Crippen LogP contribution in [-0.4, -0.2) is 37.8 Å². The fraction of sp³-hybridized carbons (Fsp3) is 0.529. The first-order valence-electron chi connectivity index (χ1n) is 7.94. The van der Waals surface area contributed by atoms with Crippen LogP contribution < -0.4 is 10.6 Å². The van der Waals surface area contributed by atoms with Crippen LogP contribution in [0.3, 0.4) is 0 Å². The maximum Gasteiger partial charge on any atom is 0.306 e. The molecule has 0 radical (unpaired) electrons. The fourth-order valence-corrected chi connectivity index (χ4v) is 3.39. The van der Waals surface area contributed by atoms with Gasteiger partial charge in [0.1, 0.15) is 0 Å². The number of benzene rings is 1. The summed E-state index contributed by atoms with van der Waals surface area (Å²) in [7, 11) is 1.40. The fourth-order valence-electron chi connectivity index (χ4n) is 2.51. The van der Waals surface area contributed by atoms with Gasteiger partial charge in [0.15, 0.2) is 0 Å². The third-order valence-electron chi connectivity index (χ3n) is 3.85. The van der Waals surface area contributed by atoms with E-state index in [-0.39, 0.29) is 30.2 Å². The van der Waals surface area contributed by atoms with Gasteiger partial charge in [-0.15, -0.1) is 12.4 Å². The molecular weight excluding hydrogens is 348 g/mol. The monoisotopic (exact) mass is 372 g/mol. The molecule has 0 aliphatic carbocycles. The van der Waals surface area contributed by atoms with Crippen molar-refractivity contribution < 1.29 is 14.3 Å². The zero-order chi connectivity index (χ0) is 16.5. The summed E-state index contributed by atoms with van der Waals surface area (Å²) in [4.78, 5) is 23.3. The van der Waals surface area contributed by atoms with E-state index in [1.807, 2.05) is 24.3 Å². The molecule has 0 bridgehead atoms. The summed E-state index contributed by atoms with van der Waals surface area (Å²) in [5.41, 5.74) is 1.99. The first-order chi connectivity index (χ1) is 11.2. The lowest BCUT2D eigenvalue weighted by Gasteiger charge is -2.21. The summed E-state index contributed by atoms with van der Waals surface area (Å²) >= 11 is 1.68. The summed E-state index contributed by atoms with van der Waals surface area (Å²) in [6, 6.07) is 7.91. The molecule has 0 saturated carbocycles. The average Bonchev–Trinajstić information content (AvgIpc) is 2.59. The number of methoxy groups -OCH3 is 1. The Kier molecular flexibility index (Phi) is 9.83. The molecule has 7 heteroatoms. The van der Waals surface area contributed by atoms with Crippen molar-refractivity contribution in [3.63, 3.8) is 0 Å².